The number of carbonyl (C=O) groups excluding carboxylic acids is 1. The summed E-state index contributed by atoms with van der Waals surface area (Å²) in [6.07, 6.45) is 2.65. The lowest BCUT2D eigenvalue weighted by Crippen LogP contribution is -2.24. The molecule has 0 aromatic heterocycles. The van der Waals surface area contributed by atoms with Crippen LogP contribution in [0.2, 0.25) is 0 Å². The minimum Gasteiger partial charge on any atom is -0.278 e. The second kappa shape index (κ2) is 5.12. The Morgan fingerprint density at radius 2 is 2.00 bits per heavy atom. The highest BCUT2D eigenvalue weighted by atomic mass is 32.2. The van der Waals surface area contributed by atoms with Crippen LogP contribution in [0.1, 0.15) is 26.2 Å². The van der Waals surface area contributed by atoms with Gasteiger partial charge in [0.1, 0.15) is 0 Å². The van der Waals surface area contributed by atoms with Crippen LogP contribution < -0.4 is 4.72 Å². The third-order valence-electron chi connectivity index (χ3n) is 1.24. The first-order valence-electron chi connectivity index (χ1n) is 3.56. The molecule has 0 unspecified atom stereocenters. The molecule has 66 valence electrons. The predicted octanol–water partition coefficient (Wildman–Crippen LogP) is 0.252. The lowest BCUT2D eigenvalue weighted by molar-refractivity contribution is -0.108. The van der Waals surface area contributed by atoms with Crippen molar-refractivity contribution < 1.29 is 13.2 Å². The average Bonchev–Trinajstić information content (AvgIpc) is 1.87. The molecule has 11 heavy (non-hydrogen) atoms. The van der Waals surface area contributed by atoms with Gasteiger partial charge in [-0.25, -0.2) is 8.42 Å². The van der Waals surface area contributed by atoms with Gasteiger partial charge in [-0.15, -0.1) is 0 Å². The van der Waals surface area contributed by atoms with Crippen molar-refractivity contribution >= 4 is 16.4 Å². The Kier molecular flexibility index (Phi) is 4.85. The zero-order valence-corrected chi connectivity index (χ0v) is 7.36. The number of amides is 1. The maximum absolute atomic E-state index is 10.8. The summed E-state index contributed by atoms with van der Waals surface area (Å²) >= 11 is 0. The molecule has 0 atom stereocenters. The second-order valence-corrected chi connectivity index (χ2v) is 4.14. The van der Waals surface area contributed by atoms with E-state index in [0.29, 0.717) is 6.42 Å². The third kappa shape index (κ3) is 5.84. The molecule has 0 aromatic rings. The van der Waals surface area contributed by atoms with Crippen molar-refractivity contribution in [2.75, 3.05) is 5.75 Å². The summed E-state index contributed by atoms with van der Waals surface area (Å²) in [5.41, 5.74) is 0. The second-order valence-electron chi connectivity index (χ2n) is 2.26. The van der Waals surface area contributed by atoms with Crippen LogP contribution >= 0.6 is 0 Å². The van der Waals surface area contributed by atoms with Crippen molar-refractivity contribution in [1.29, 1.82) is 0 Å². The van der Waals surface area contributed by atoms with Crippen molar-refractivity contribution in [3.05, 3.63) is 0 Å². The Bertz CT molecular complexity index is 198. The standard InChI is InChI=1S/C6H13NO3S/c1-2-3-4-5-11(9,10)7-6-8/h6H,2-5H2,1H3,(H,7,8). The molecule has 0 aromatic carbocycles. The predicted molar refractivity (Wildman–Crippen MR) is 42.5 cm³/mol. The highest BCUT2D eigenvalue weighted by Gasteiger charge is 2.06. The van der Waals surface area contributed by atoms with Gasteiger partial charge in [-0.3, -0.25) is 9.52 Å². The van der Waals surface area contributed by atoms with Crippen LogP contribution in [0.4, 0.5) is 0 Å². The van der Waals surface area contributed by atoms with Crippen LogP contribution in [0.25, 0.3) is 0 Å². The van der Waals surface area contributed by atoms with Crippen LogP contribution in [0, 0.1) is 0 Å². The normalized spacial score (nSPS) is 11.0. The summed E-state index contributed by atoms with van der Waals surface area (Å²) < 4.78 is 23.3. The van der Waals surface area contributed by atoms with Crippen LogP contribution in [0.5, 0.6) is 0 Å². The molecule has 5 heteroatoms. The van der Waals surface area contributed by atoms with Crippen molar-refractivity contribution in [1.82, 2.24) is 4.72 Å². The van der Waals surface area contributed by atoms with Crippen molar-refractivity contribution in [2.45, 2.75) is 26.2 Å². The highest BCUT2D eigenvalue weighted by Crippen LogP contribution is 1.96. The molecule has 0 saturated carbocycles. The third-order valence-corrected chi connectivity index (χ3v) is 2.53. The average molecular weight is 179 g/mol. The quantitative estimate of drug-likeness (QED) is 0.469. The topological polar surface area (TPSA) is 63.2 Å². The zero-order chi connectivity index (χ0) is 8.74. The maximum Gasteiger partial charge on any atom is 0.234 e. The van der Waals surface area contributed by atoms with Crippen molar-refractivity contribution in [3.63, 3.8) is 0 Å². The lowest BCUT2D eigenvalue weighted by atomic mass is 10.3. The monoisotopic (exact) mass is 179 g/mol. The Morgan fingerprint density at radius 1 is 1.36 bits per heavy atom. The maximum atomic E-state index is 10.8. The first kappa shape index (κ1) is 10.4. The Balaban J connectivity index is 3.65. The molecule has 0 radical (unpaired) electrons. The number of unbranched alkanes of at least 4 members (excludes halogenated alkanes) is 2. The van der Waals surface area contributed by atoms with Crippen molar-refractivity contribution in [3.8, 4) is 0 Å². The number of hydrogen-bond donors (Lipinski definition) is 1. The highest BCUT2D eigenvalue weighted by molar-refractivity contribution is 7.89. The fraction of sp³-hybridized carbons (Fsp3) is 0.833. The van der Waals surface area contributed by atoms with Crippen LogP contribution in [0.15, 0.2) is 0 Å². The molecule has 0 aliphatic rings. The molecule has 0 heterocycles. The molecule has 0 aliphatic heterocycles. The van der Waals surface area contributed by atoms with Crippen LogP contribution in [0.3, 0.4) is 0 Å². The van der Waals surface area contributed by atoms with Crippen LogP contribution in [-0.2, 0) is 14.8 Å². The van der Waals surface area contributed by atoms with E-state index in [1.165, 1.54) is 0 Å². The van der Waals surface area contributed by atoms with E-state index >= 15 is 0 Å². The number of nitrogens with one attached hydrogen (secondary N) is 1. The molecule has 1 amide bonds. The molecule has 0 rings (SSSR count). The van der Waals surface area contributed by atoms with E-state index in [-0.39, 0.29) is 12.2 Å². The lowest BCUT2D eigenvalue weighted by Gasteiger charge is -1.99. The summed E-state index contributed by atoms with van der Waals surface area (Å²) in [4.78, 5) is 9.76. The fourth-order valence-electron chi connectivity index (χ4n) is 0.674. The Morgan fingerprint density at radius 3 is 2.45 bits per heavy atom. The number of carbonyl (C=O) groups is 1. The zero-order valence-electron chi connectivity index (χ0n) is 6.54. The number of rotatable bonds is 6. The molecule has 0 spiro atoms. The van der Waals surface area contributed by atoms with E-state index in [1.54, 1.807) is 4.72 Å². The Hall–Kier alpha value is -0.580. The SMILES string of the molecule is CCCCCS(=O)(=O)NC=O. The summed E-state index contributed by atoms with van der Waals surface area (Å²) in [5, 5.41) is 0. The minimum atomic E-state index is -3.32. The summed E-state index contributed by atoms with van der Waals surface area (Å²) in [7, 11) is -3.32. The molecule has 4 nitrogen and oxygen atoms in total. The van der Waals surface area contributed by atoms with Gasteiger partial charge in [0, 0.05) is 0 Å². The number of sulfonamides is 1. The fourth-order valence-corrected chi connectivity index (χ4v) is 1.52. The first-order valence-corrected chi connectivity index (χ1v) is 5.21. The smallest absolute Gasteiger partial charge is 0.234 e. The van der Waals surface area contributed by atoms with Gasteiger partial charge in [0.2, 0.25) is 16.4 Å². The Labute approximate surface area is 67.0 Å². The summed E-state index contributed by atoms with van der Waals surface area (Å²) in [6, 6.07) is 0. The van der Waals surface area contributed by atoms with E-state index in [2.05, 4.69) is 0 Å². The molecular formula is C6H13NO3S. The largest absolute Gasteiger partial charge is 0.278 e. The van der Waals surface area contributed by atoms with Crippen LogP contribution in [-0.4, -0.2) is 20.6 Å². The molecule has 0 aliphatic carbocycles. The molecule has 0 bridgehead atoms. The van der Waals surface area contributed by atoms with E-state index in [0.717, 1.165) is 12.8 Å². The minimum absolute atomic E-state index is 0.0413. The van der Waals surface area contributed by atoms with Gasteiger partial charge in [0.05, 0.1) is 5.75 Å². The molecule has 1 N–H and O–H groups in total. The van der Waals surface area contributed by atoms with E-state index in [4.69, 9.17) is 0 Å². The number of hydrogen-bond acceptors (Lipinski definition) is 3. The molecular weight excluding hydrogens is 166 g/mol. The van der Waals surface area contributed by atoms with Gasteiger partial charge in [0.25, 0.3) is 0 Å². The van der Waals surface area contributed by atoms with E-state index in [1.807, 2.05) is 6.92 Å². The molecule has 0 saturated heterocycles. The summed E-state index contributed by atoms with van der Waals surface area (Å²) in [5.74, 6) is 0.0413. The van der Waals surface area contributed by atoms with Gasteiger partial charge in [-0.05, 0) is 6.42 Å². The van der Waals surface area contributed by atoms with Gasteiger partial charge >= 0.3 is 0 Å². The van der Waals surface area contributed by atoms with Gasteiger partial charge in [-0.1, -0.05) is 19.8 Å². The molecule has 0 fully saturated rings. The van der Waals surface area contributed by atoms with Gasteiger partial charge in [-0.2, -0.15) is 0 Å². The summed E-state index contributed by atoms with van der Waals surface area (Å²) in [6.45, 7) is 1.99. The first-order chi connectivity index (χ1) is 5.12. The van der Waals surface area contributed by atoms with E-state index < -0.39 is 10.0 Å². The van der Waals surface area contributed by atoms with E-state index in [9.17, 15) is 13.2 Å². The van der Waals surface area contributed by atoms with Gasteiger partial charge in [0.15, 0.2) is 0 Å². The van der Waals surface area contributed by atoms with Crippen molar-refractivity contribution in [2.24, 2.45) is 0 Å². The van der Waals surface area contributed by atoms with Gasteiger partial charge < -0.3 is 0 Å².